The number of rotatable bonds is 8. The first-order valence-corrected chi connectivity index (χ1v) is 12.9. The van der Waals surface area contributed by atoms with Gasteiger partial charge in [0.2, 0.25) is 0 Å². The molecule has 1 aromatic heterocycles. The quantitative estimate of drug-likeness (QED) is 0.246. The molecule has 2 heterocycles. The average molecular weight is 564 g/mol. The number of nitrogens with zero attached hydrogens (tertiary/aromatic N) is 3. The molecule has 3 aromatic carbocycles. The van der Waals surface area contributed by atoms with Crippen molar-refractivity contribution in [3.63, 3.8) is 0 Å². The van der Waals surface area contributed by atoms with Crippen molar-refractivity contribution in [1.29, 1.82) is 0 Å². The predicted octanol–water partition coefficient (Wildman–Crippen LogP) is 6.22. The van der Waals surface area contributed by atoms with Gasteiger partial charge in [0.15, 0.2) is 5.83 Å². The first-order chi connectivity index (χ1) is 19.8. The molecule has 212 valence electrons. The van der Waals surface area contributed by atoms with Crippen LogP contribution < -0.4 is 20.1 Å². The van der Waals surface area contributed by atoms with E-state index in [-0.39, 0.29) is 23.0 Å². The van der Waals surface area contributed by atoms with Crippen LogP contribution in [0.5, 0.6) is 11.5 Å². The molecule has 1 aliphatic rings. The van der Waals surface area contributed by atoms with E-state index in [1.165, 1.54) is 38.8 Å². The highest BCUT2D eigenvalue weighted by molar-refractivity contribution is 6.05. The minimum absolute atomic E-state index is 0.141. The number of likely N-dealkylation sites (tertiary alicyclic amines) is 1. The summed E-state index contributed by atoms with van der Waals surface area (Å²) in [6, 6.07) is 11.4. The maximum absolute atomic E-state index is 14.8. The summed E-state index contributed by atoms with van der Waals surface area (Å²) < 4.78 is 53.7. The van der Waals surface area contributed by atoms with Crippen molar-refractivity contribution in [3.05, 3.63) is 78.4 Å². The fraction of sp³-hybridized carbons (Fsp3) is 0.233. The number of hydrogen-bond acceptors (Lipinski definition) is 7. The van der Waals surface area contributed by atoms with Crippen LogP contribution in [0.1, 0.15) is 12.8 Å². The molecule has 0 unspecified atom stereocenters. The molecule has 1 amide bonds. The number of fused-ring (bicyclic) bond motifs is 1. The Morgan fingerprint density at radius 3 is 2.54 bits per heavy atom. The molecule has 1 aliphatic heterocycles. The molecule has 0 radical (unpaired) electrons. The number of benzene rings is 3. The van der Waals surface area contributed by atoms with Crippen molar-refractivity contribution in [2.24, 2.45) is 0 Å². The van der Waals surface area contributed by atoms with Gasteiger partial charge in [0, 0.05) is 29.1 Å². The van der Waals surface area contributed by atoms with Crippen molar-refractivity contribution < 1.29 is 27.4 Å². The summed E-state index contributed by atoms with van der Waals surface area (Å²) >= 11 is 0. The molecule has 0 spiro atoms. The van der Waals surface area contributed by atoms with Gasteiger partial charge in [-0.15, -0.1) is 0 Å². The Morgan fingerprint density at radius 2 is 1.83 bits per heavy atom. The smallest absolute Gasteiger partial charge is 0.284 e. The number of methoxy groups -OCH3 is 2. The molecular formula is C30H28F3N5O3. The molecule has 2 N–H and O–H groups in total. The van der Waals surface area contributed by atoms with Gasteiger partial charge < -0.3 is 20.1 Å². The Hall–Kier alpha value is -4.64. The van der Waals surface area contributed by atoms with Gasteiger partial charge in [-0.2, -0.15) is 0 Å². The number of aromatic nitrogens is 2. The topological polar surface area (TPSA) is 88.6 Å². The number of carbonyl (C=O) groups is 1. The standard InChI is InChI=1S/C30H28F3N5O3/c1-38-10-4-5-19(38)13-23(33)30(39)37-26-14-21-24(15-28(26)41-3)34-16-35-29(21)36-25-11-17(6-9-27(25)40-2)20-8-7-18(31)12-22(20)32/h6-9,11-16,19H,4-5,10H2,1-3H3,(H,37,39)(H,34,35,36)/b23-13+/t19-/m1/s1. The molecule has 0 bridgehead atoms. The molecule has 41 heavy (non-hydrogen) atoms. The second-order valence-corrected chi connectivity index (χ2v) is 9.62. The van der Waals surface area contributed by atoms with Crippen LogP contribution in [0.15, 0.2) is 66.8 Å². The van der Waals surface area contributed by atoms with Crippen LogP contribution in [0.2, 0.25) is 0 Å². The summed E-state index contributed by atoms with van der Waals surface area (Å²) in [5, 5.41) is 6.27. The van der Waals surface area contributed by atoms with Crippen molar-refractivity contribution in [2.75, 3.05) is 38.4 Å². The Morgan fingerprint density at radius 1 is 1.02 bits per heavy atom. The Kier molecular flexibility index (Phi) is 8.06. The van der Waals surface area contributed by atoms with Crippen molar-refractivity contribution in [1.82, 2.24) is 14.9 Å². The lowest BCUT2D eigenvalue weighted by Gasteiger charge is -2.16. The van der Waals surface area contributed by atoms with Gasteiger partial charge in [0.25, 0.3) is 5.91 Å². The van der Waals surface area contributed by atoms with E-state index in [9.17, 15) is 18.0 Å². The number of anilines is 3. The minimum Gasteiger partial charge on any atom is -0.495 e. The zero-order chi connectivity index (χ0) is 29.1. The van der Waals surface area contributed by atoms with Gasteiger partial charge in [0.1, 0.15) is 35.3 Å². The van der Waals surface area contributed by atoms with Crippen LogP contribution in [-0.4, -0.2) is 54.6 Å². The van der Waals surface area contributed by atoms with E-state index in [0.717, 1.165) is 25.5 Å². The Bertz CT molecular complexity index is 1650. The molecule has 1 fully saturated rings. The van der Waals surface area contributed by atoms with Crippen molar-refractivity contribution in [3.8, 4) is 22.6 Å². The summed E-state index contributed by atoms with van der Waals surface area (Å²) in [5.41, 5.74) is 1.85. The third kappa shape index (κ3) is 5.94. The third-order valence-corrected chi connectivity index (χ3v) is 7.03. The number of ether oxygens (including phenoxy) is 2. The van der Waals surface area contributed by atoms with Crippen molar-refractivity contribution >= 4 is 34.0 Å². The van der Waals surface area contributed by atoms with Crippen LogP contribution in [-0.2, 0) is 4.79 Å². The highest BCUT2D eigenvalue weighted by Gasteiger charge is 2.22. The molecular weight excluding hydrogens is 535 g/mol. The third-order valence-electron chi connectivity index (χ3n) is 7.03. The van der Waals surface area contributed by atoms with E-state index < -0.39 is 23.4 Å². The molecule has 0 saturated carbocycles. The van der Waals surface area contributed by atoms with Crippen LogP contribution in [0.25, 0.3) is 22.0 Å². The van der Waals surface area contributed by atoms with Gasteiger partial charge in [-0.05, 0) is 68.4 Å². The molecule has 5 rings (SSSR count). The SMILES string of the molecule is COc1cc2ncnc(Nc3cc(-c4ccc(F)cc4F)ccc3OC)c2cc1NC(=O)/C(F)=C\[C@H]1CCCN1C. The number of carbonyl (C=O) groups excluding carboxylic acids is 1. The highest BCUT2D eigenvalue weighted by Crippen LogP contribution is 2.37. The lowest BCUT2D eigenvalue weighted by atomic mass is 10.0. The van der Waals surface area contributed by atoms with Gasteiger partial charge in [0.05, 0.1) is 31.1 Å². The summed E-state index contributed by atoms with van der Waals surface area (Å²) in [6.07, 6.45) is 4.39. The fourth-order valence-corrected chi connectivity index (χ4v) is 4.85. The average Bonchev–Trinajstić information content (AvgIpc) is 3.36. The van der Waals surface area contributed by atoms with Crippen LogP contribution in [0.4, 0.5) is 30.4 Å². The summed E-state index contributed by atoms with van der Waals surface area (Å²) in [4.78, 5) is 23.4. The normalized spacial score (nSPS) is 15.7. The second kappa shape index (κ2) is 11.8. The summed E-state index contributed by atoms with van der Waals surface area (Å²) in [7, 11) is 4.81. The monoisotopic (exact) mass is 563 g/mol. The first-order valence-electron chi connectivity index (χ1n) is 12.9. The first kappa shape index (κ1) is 27.9. The maximum atomic E-state index is 14.8. The molecule has 1 saturated heterocycles. The highest BCUT2D eigenvalue weighted by atomic mass is 19.1. The molecule has 0 aliphatic carbocycles. The maximum Gasteiger partial charge on any atom is 0.284 e. The van der Waals surface area contributed by atoms with Gasteiger partial charge in [-0.3, -0.25) is 9.69 Å². The van der Waals surface area contributed by atoms with Gasteiger partial charge >= 0.3 is 0 Å². The molecule has 4 aromatic rings. The number of likely N-dealkylation sites (N-methyl/N-ethyl adjacent to an activating group) is 1. The largest absolute Gasteiger partial charge is 0.495 e. The number of hydrogen-bond donors (Lipinski definition) is 2. The predicted molar refractivity (Wildman–Crippen MR) is 151 cm³/mol. The van der Waals surface area contributed by atoms with Crippen LogP contribution in [0, 0.1) is 11.6 Å². The zero-order valence-corrected chi connectivity index (χ0v) is 22.7. The lowest BCUT2D eigenvalue weighted by Crippen LogP contribution is -2.24. The Balaban J connectivity index is 1.49. The van der Waals surface area contributed by atoms with Crippen molar-refractivity contribution in [2.45, 2.75) is 18.9 Å². The summed E-state index contributed by atoms with van der Waals surface area (Å²) in [6.45, 7) is 0.844. The van der Waals surface area contributed by atoms with E-state index >= 15 is 0 Å². The zero-order valence-electron chi connectivity index (χ0n) is 22.7. The van der Waals surface area contributed by atoms with Gasteiger partial charge in [-0.1, -0.05) is 6.07 Å². The number of halogens is 3. The van der Waals surface area contributed by atoms with Gasteiger partial charge in [-0.25, -0.2) is 23.1 Å². The number of amides is 1. The molecule has 11 heteroatoms. The fourth-order valence-electron chi connectivity index (χ4n) is 4.85. The van der Waals surface area contributed by atoms with E-state index in [1.807, 2.05) is 11.9 Å². The van der Waals surface area contributed by atoms with E-state index in [2.05, 4.69) is 20.6 Å². The van der Waals surface area contributed by atoms with Crippen LogP contribution >= 0.6 is 0 Å². The molecule has 1 atom stereocenters. The molecule has 8 nitrogen and oxygen atoms in total. The van der Waals surface area contributed by atoms with E-state index in [1.54, 1.807) is 30.3 Å². The minimum atomic E-state index is -0.898. The summed E-state index contributed by atoms with van der Waals surface area (Å²) in [5.74, 6) is -2.10. The van der Waals surface area contributed by atoms with E-state index in [0.29, 0.717) is 33.7 Å². The number of nitrogens with one attached hydrogen (secondary N) is 2. The lowest BCUT2D eigenvalue weighted by molar-refractivity contribution is -0.114. The second-order valence-electron chi connectivity index (χ2n) is 9.62. The Labute approximate surface area is 234 Å². The van der Waals surface area contributed by atoms with E-state index in [4.69, 9.17) is 9.47 Å². The van der Waals surface area contributed by atoms with Crippen LogP contribution in [0.3, 0.4) is 0 Å².